The monoisotopic (exact) mass is 244 g/mol. The molecule has 0 unspecified atom stereocenters. The highest BCUT2D eigenvalue weighted by Gasteiger charge is 2.20. The van der Waals surface area contributed by atoms with E-state index in [1.807, 2.05) is 6.92 Å². The van der Waals surface area contributed by atoms with Crippen LogP contribution in [-0.2, 0) is 14.2 Å². The molecule has 5 heteroatoms. The molecule has 0 radical (unpaired) electrons. The van der Waals surface area contributed by atoms with Crippen LogP contribution in [0.15, 0.2) is 0 Å². The number of ether oxygens (including phenoxy) is 3. The maximum absolute atomic E-state index is 11.2. The Balaban J connectivity index is 2.12. The van der Waals surface area contributed by atoms with Gasteiger partial charge in [-0.1, -0.05) is 19.8 Å². The summed E-state index contributed by atoms with van der Waals surface area (Å²) >= 11 is 0. The van der Waals surface area contributed by atoms with E-state index in [-0.39, 0.29) is 12.7 Å². The topological polar surface area (TPSA) is 61.8 Å². The number of unbranched alkanes of at least 4 members (excludes halogenated alkanes) is 1. The van der Waals surface area contributed by atoms with E-state index < -0.39 is 12.3 Å². The predicted molar refractivity (Wildman–Crippen MR) is 60.7 cm³/mol. The maximum Gasteiger partial charge on any atom is 0.518 e. The lowest BCUT2D eigenvalue weighted by Gasteiger charge is -2.20. The summed E-state index contributed by atoms with van der Waals surface area (Å²) in [6, 6.07) is 0. The number of carbonyl (C=O) groups excluding carboxylic acids is 2. The molecule has 1 aliphatic rings. The maximum atomic E-state index is 11.2. The minimum absolute atomic E-state index is 0.111. The Bertz CT molecular complexity index is 245. The van der Waals surface area contributed by atoms with Crippen molar-refractivity contribution in [3.8, 4) is 0 Å². The fourth-order valence-corrected chi connectivity index (χ4v) is 1.74. The van der Waals surface area contributed by atoms with Gasteiger partial charge in [0.2, 0.25) is 0 Å². The third kappa shape index (κ3) is 6.14. The Labute approximate surface area is 101 Å². The third-order valence-electron chi connectivity index (χ3n) is 2.70. The Hall–Kier alpha value is -1.26. The molecule has 0 bridgehead atoms. The highest BCUT2D eigenvalue weighted by Crippen LogP contribution is 2.20. The Morgan fingerprint density at radius 1 is 1.12 bits per heavy atom. The Kier molecular flexibility index (Phi) is 6.43. The van der Waals surface area contributed by atoms with Gasteiger partial charge in [0.25, 0.3) is 0 Å². The van der Waals surface area contributed by atoms with E-state index in [9.17, 15) is 9.59 Å². The van der Waals surface area contributed by atoms with Gasteiger partial charge in [-0.25, -0.2) is 9.59 Å². The normalized spacial score (nSPS) is 16.3. The van der Waals surface area contributed by atoms with Gasteiger partial charge < -0.3 is 14.2 Å². The van der Waals surface area contributed by atoms with Crippen molar-refractivity contribution in [3.05, 3.63) is 0 Å². The molecule has 0 aliphatic heterocycles. The van der Waals surface area contributed by atoms with Gasteiger partial charge >= 0.3 is 12.3 Å². The van der Waals surface area contributed by atoms with Crippen molar-refractivity contribution in [3.63, 3.8) is 0 Å². The van der Waals surface area contributed by atoms with Crippen LogP contribution in [-0.4, -0.2) is 25.0 Å². The molecule has 0 atom stereocenters. The molecule has 0 aromatic heterocycles. The van der Waals surface area contributed by atoms with Gasteiger partial charge in [0.1, 0.15) is 6.10 Å². The van der Waals surface area contributed by atoms with E-state index >= 15 is 0 Å². The SMILES string of the molecule is CCCCOC(=O)OC(=O)OC1CCCCC1. The standard InChI is InChI=1S/C12H20O5/c1-2-3-9-15-11(13)17-12(14)16-10-7-5-4-6-8-10/h10H,2-9H2,1H3. The van der Waals surface area contributed by atoms with Crippen LogP contribution in [0.3, 0.4) is 0 Å². The summed E-state index contributed by atoms with van der Waals surface area (Å²) in [6.07, 6.45) is 4.62. The average molecular weight is 244 g/mol. The molecule has 0 spiro atoms. The lowest BCUT2D eigenvalue weighted by molar-refractivity contribution is 0.00704. The molecular weight excluding hydrogens is 224 g/mol. The number of carbonyl (C=O) groups is 2. The zero-order chi connectivity index (χ0) is 12.5. The van der Waals surface area contributed by atoms with Crippen LogP contribution >= 0.6 is 0 Å². The van der Waals surface area contributed by atoms with E-state index in [2.05, 4.69) is 9.47 Å². The van der Waals surface area contributed by atoms with Gasteiger partial charge in [0, 0.05) is 0 Å². The first-order valence-electron chi connectivity index (χ1n) is 6.27. The van der Waals surface area contributed by atoms with Crippen LogP contribution < -0.4 is 0 Å². The van der Waals surface area contributed by atoms with Crippen molar-refractivity contribution < 1.29 is 23.8 Å². The zero-order valence-corrected chi connectivity index (χ0v) is 10.3. The highest BCUT2D eigenvalue weighted by molar-refractivity contribution is 5.76. The van der Waals surface area contributed by atoms with E-state index in [4.69, 9.17) is 4.74 Å². The molecule has 0 amide bonds. The summed E-state index contributed by atoms with van der Waals surface area (Å²) in [5, 5.41) is 0. The van der Waals surface area contributed by atoms with Crippen LogP contribution in [0.25, 0.3) is 0 Å². The predicted octanol–water partition coefficient (Wildman–Crippen LogP) is 3.41. The van der Waals surface area contributed by atoms with Gasteiger partial charge in [-0.05, 0) is 32.1 Å². The quantitative estimate of drug-likeness (QED) is 0.431. The smallest absolute Gasteiger partial charge is 0.434 e. The molecule has 0 heterocycles. The number of rotatable bonds is 4. The van der Waals surface area contributed by atoms with Crippen LogP contribution in [0.4, 0.5) is 9.59 Å². The molecule has 1 aliphatic carbocycles. The molecule has 1 rings (SSSR count). The molecule has 1 saturated carbocycles. The van der Waals surface area contributed by atoms with Crippen LogP contribution in [0.1, 0.15) is 51.9 Å². The van der Waals surface area contributed by atoms with Crippen LogP contribution in [0, 0.1) is 0 Å². The highest BCUT2D eigenvalue weighted by atomic mass is 16.8. The third-order valence-corrected chi connectivity index (χ3v) is 2.70. The van der Waals surface area contributed by atoms with Crippen molar-refractivity contribution in [2.24, 2.45) is 0 Å². The molecular formula is C12H20O5. The molecule has 0 saturated heterocycles. The summed E-state index contributed by atoms with van der Waals surface area (Å²) in [5.41, 5.74) is 0. The van der Waals surface area contributed by atoms with E-state index in [1.54, 1.807) is 0 Å². The van der Waals surface area contributed by atoms with Gasteiger partial charge in [0.15, 0.2) is 0 Å². The second-order valence-corrected chi connectivity index (χ2v) is 4.18. The van der Waals surface area contributed by atoms with Crippen molar-refractivity contribution in [1.82, 2.24) is 0 Å². The molecule has 5 nitrogen and oxygen atoms in total. The largest absolute Gasteiger partial charge is 0.518 e. The molecule has 17 heavy (non-hydrogen) atoms. The summed E-state index contributed by atoms with van der Waals surface area (Å²) < 4.78 is 14.1. The van der Waals surface area contributed by atoms with Gasteiger partial charge in [-0.3, -0.25) is 0 Å². The molecule has 0 aromatic rings. The summed E-state index contributed by atoms with van der Waals surface area (Å²) in [4.78, 5) is 22.2. The van der Waals surface area contributed by atoms with Crippen molar-refractivity contribution in [1.29, 1.82) is 0 Å². The van der Waals surface area contributed by atoms with E-state index in [1.165, 1.54) is 6.42 Å². The van der Waals surface area contributed by atoms with Gasteiger partial charge in [0.05, 0.1) is 6.61 Å². The van der Waals surface area contributed by atoms with Crippen molar-refractivity contribution in [2.75, 3.05) is 6.61 Å². The average Bonchev–Trinajstić information content (AvgIpc) is 2.30. The van der Waals surface area contributed by atoms with E-state index in [0.29, 0.717) is 0 Å². The molecule has 1 fully saturated rings. The molecule has 0 aromatic carbocycles. The minimum atomic E-state index is -0.973. The second kappa shape index (κ2) is 7.92. The minimum Gasteiger partial charge on any atom is -0.434 e. The Morgan fingerprint density at radius 3 is 2.47 bits per heavy atom. The Morgan fingerprint density at radius 2 is 1.82 bits per heavy atom. The fourth-order valence-electron chi connectivity index (χ4n) is 1.74. The first-order valence-corrected chi connectivity index (χ1v) is 6.27. The van der Waals surface area contributed by atoms with Crippen LogP contribution in [0.2, 0.25) is 0 Å². The molecule has 98 valence electrons. The second-order valence-electron chi connectivity index (χ2n) is 4.18. The lowest BCUT2D eigenvalue weighted by Crippen LogP contribution is -2.23. The van der Waals surface area contributed by atoms with Gasteiger partial charge in [-0.15, -0.1) is 0 Å². The summed E-state index contributed by atoms with van der Waals surface area (Å²) in [7, 11) is 0. The fraction of sp³-hybridized carbons (Fsp3) is 0.833. The lowest BCUT2D eigenvalue weighted by atomic mass is 9.98. The van der Waals surface area contributed by atoms with Crippen molar-refractivity contribution in [2.45, 2.75) is 58.0 Å². The summed E-state index contributed by atoms with van der Waals surface area (Å²) in [6.45, 7) is 2.25. The number of hydrogen-bond donors (Lipinski definition) is 0. The number of hydrogen-bond acceptors (Lipinski definition) is 5. The van der Waals surface area contributed by atoms with Crippen LogP contribution in [0.5, 0.6) is 0 Å². The van der Waals surface area contributed by atoms with Gasteiger partial charge in [-0.2, -0.15) is 0 Å². The first kappa shape index (κ1) is 13.8. The summed E-state index contributed by atoms with van der Waals surface area (Å²) in [5.74, 6) is 0. The van der Waals surface area contributed by atoms with Crippen molar-refractivity contribution >= 4 is 12.3 Å². The zero-order valence-electron chi connectivity index (χ0n) is 10.3. The van der Waals surface area contributed by atoms with E-state index in [0.717, 1.165) is 38.5 Å². The first-order chi connectivity index (χ1) is 8.22. The molecule has 0 N–H and O–H groups in total.